The topological polar surface area (TPSA) is 119 Å². The minimum atomic E-state index is -3.43. The predicted octanol–water partition coefficient (Wildman–Crippen LogP) is 3.76. The van der Waals surface area contributed by atoms with Gasteiger partial charge in [-0.15, -0.1) is 10.2 Å². The van der Waals surface area contributed by atoms with Gasteiger partial charge in [-0.2, -0.15) is 10.3 Å². The number of H-pyrrole nitrogens is 1. The maximum absolute atomic E-state index is 12.2. The van der Waals surface area contributed by atoms with Crippen LogP contribution < -0.4 is 0 Å². The number of hydrogen-bond acceptors (Lipinski definition) is 7. The average Bonchev–Trinajstić information content (AvgIpc) is 3.41. The Bertz CT molecular complexity index is 1650. The third-order valence-electron chi connectivity index (χ3n) is 6.37. The van der Waals surface area contributed by atoms with Crippen molar-refractivity contribution >= 4 is 15.5 Å². The number of nitrogens with zero attached hydrogens (tertiary/aromatic N) is 6. The molecular weight excluding hydrogens is 462 g/mol. The van der Waals surface area contributed by atoms with Crippen molar-refractivity contribution in [2.45, 2.75) is 37.1 Å². The molecule has 35 heavy (non-hydrogen) atoms. The van der Waals surface area contributed by atoms with E-state index in [0.717, 1.165) is 52.0 Å². The van der Waals surface area contributed by atoms with Crippen LogP contribution >= 0.6 is 0 Å². The second-order valence-electron chi connectivity index (χ2n) is 9.04. The summed E-state index contributed by atoms with van der Waals surface area (Å²) in [5, 5.41) is 19.4. The molecule has 3 heterocycles. The van der Waals surface area contributed by atoms with Gasteiger partial charge in [0.25, 0.3) is 0 Å². The first-order chi connectivity index (χ1) is 16.9. The lowest BCUT2D eigenvalue weighted by Crippen LogP contribution is -2.06. The van der Waals surface area contributed by atoms with E-state index in [-0.39, 0.29) is 5.03 Å². The zero-order chi connectivity index (χ0) is 24.2. The molecule has 0 radical (unpaired) electrons. The number of aromatic nitrogens is 7. The highest BCUT2D eigenvalue weighted by molar-refractivity contribution is 7.90. The fourth-order valence-corrected chi connectivity index (χ4v) is 5.09. The highest BCUT2D eigenvalue weighted by Crippen LogP contribution is 2.42. The number of hydrogen-bond donors (Lipinski definition) is 1. The minimum Gasteiger partial charge on any atom is -0.222 e. The summed E-state index contributed by atoms with van der Waals surface area (Å²) in [5.74, 6) is 0.960. The quantitative estimate of drug-likeness (QED) is 0.364. The van der Waals surface area contributed by atoms with Gasteiger partial charge in [0, 0.05) is 35.4 Å². The summed E-state index contributed by atoms with van der Waals surface area (Å²) < 4.78 is 26.2. The zero-order valence-corrected chi connectivity index (χ0v) is 20.1. The van der Waals surface area contributed by atoms with E-state index in [0.29, 0.717) is 23.8 Å². The number of nitrogens with one attached hydrogen (secondary N) is 1. The Morgan fingerprint density at radius 3 is 2.46 bits per heavy atom. The lowest BCUT2D eigenvalue weighted by molar-refractivity contribution is 0.597. The van der Waals surface area contributed by atoms with Gasteiger partial charge >= 0.3 is 0 Å². The van der Waals surface area contributed by atoms with Crippen molar-refractivity contribution in [1.82, 2.24) is 35.2 Å². The van der Waals surface area contributed by atoms with Crippen molar-refractivity contribution < 1.29 is 8.42 Å². The van der Waals surface area contributed by atoms with Crippen LogP contribution in [0.1, 0.15) is 41.3 Å². The van der Waals surface area contributed by atoms with Crippen molar-refractivity contribution in [1.29, 1.82) is 0 Å². The maximum atomic E-state index is 12.2. The number of tetrazole rings is 1. The summed E-state index contributed by atoms with van der Waals surface area (Å²) in [6.07, 6.45) is 4.01. The maximum Gasteiger partial charge on any atom is 0.205 e. The molecule has 5 aromatic rings. The Morgan fingerprint density at radius 2 is 1.80 bits per heavy atom. The van der Waals surface area contributed by atoms with Crippen molar-refractivity contribution in [3.05, 3.63) is 77.1 Å². The van der Waals surface area contributed by atoms with Crippen LogP contribution in [-0.4, -0.2) is 49.9 Å². The Labute approximate surface area is 202 Å². The summed E-state index contributed by atoms with van der Waals surface area (Å²) in [6.45, 7) is 1.87. The van der Waals surface area contributed by atoms with Crippen molar-refractivity contribution in [3.8, 4) is 22.5 Å². The Balaban J connectivity index is 1.39. The molecule has 1 fully saturated rings. The Hall–Kier alpha value is -3.92. The van der Waals surface area contributed by atoms with Crippen LogP contribution in [-0.2, 0) is 16.3 Å². The van der Waals surface area contributed by atoms with Crippen molar-refractivity contribution in [3.63, 3.8) is 0 Å². The fourth-order valence-electron chi connectivity index (χ4n) is 4.45. The van der Waals surface area contributed by atoms with Gasteiger partial charge in [0.1, 0.15) is 0 Å². The molecule has 1 saturated carbocycles. The smallest absolute Gasteiger partial charge is 0.205 e. The SMILES string of the molecule is Cc1cc(S(C)(=O)=O)nc2c(Cc3ccc(-c4ccccc4-c4nn[nH]n4)cc3)c(C3CC3)nn12. The van der Waals surface area contributed by atoms with E-state index in [1.54, 1.807) is 10.6 Å². The van der Waals surface area contributed by atoms with Gasteiger partial charge in [-0.1, -0.05) is 48.5 Å². The summed E-state index contributed by atoms with van der Waals surface area (Å²) in [7, 11) is -3.43. The number of aromatic amines is 1. The lowest BCUT2D eigenvalue weighted by atomic mass is 9.96. The molecule has 0 bridgehead atoms. The van der Waals surface area contributed by atoms with E-state index in [1.807, 2.05) is 31.2 Å². The van der Waals surface area contributed by atoms with E-state index in [4.69, 9.17) is 5.10 Å². The van der Waals surface area contributed by atoms with Gasteiger partial charge in [0.15, 0.2) is 20.5 Å². The van der Waals surface area contributed by atoms with E-state index in [2.05, 4.69) is 49.9 Å². The van der Waals surface area contributed by atoms with Gasteiger partial charge in [0.05, 0.1) is 5.69 Å². The minimum absolute atomic E-state index is 0.0828. The first kappa shape index (κ1) is 21.6. The first-order valence-electron chi connectivity index (χ1n) is 11.4. The number of rotatable bonds is 6. The fraction of sp³-hybridized carbons (Fsp3) is 0.240. The van der Waals surface area contributed by atoms with E-state index < -0.39 is 9.84 Å². The van der Waals surface area contributed by atoms with Gasteiger partial charge in [0.2, 0.25) is 5.82 Å². The molecule has 10 heteroatoms. The number of sulfone groups is 1. The third-order valence-corrected chi connectivity index (χ3v) is 7.34. The number of benzene rings is 2. The molecule has 176 valence electrons. The summed E-state index contributed by atoms with van der Waals surface area (Å²) in [5.41, 5.74) is 7.48. The van der Waals surface area contributed by atoms with Crippen LogP contribution in [0.3, 0.4) is 0 Å². The molecule has 1 aliphatic rings. The monoisotopic (exact) mass is 485 g/mol. The van der Waals surface area contributed by atoms with Crippen LogP contribution in [0.5, 0.6) is 0 Å². The molecule has 0 saturated heterocycles. The molecule has 0 unspecified atom stereocenters. The standard InChI is InChI=1S/C25H23N7O2S/c1-15-13-22(35(2,33)34)26-25-21(23(18-11-12-18)29-32(15)25)14-16-7-9-17(10-8-16)19-5-3-4-6-20(19)24-27-30-31-28-24/h3-10,13,18H,11-12,14H2,1-2H3,(H,27,28,30,31). The van der Waals surface area contributed by atoms with Gasteiger partial charge in [-0.3, -0.25) is 0 Å². The van der Waals surface area contributed by atoms with E-state index in [1.165, 1.54) is 6.26 Å². The summed E-state index contributed by atoms with van der Waals surface area (Å²) in [4.78, 5) is 4.53. The molecular formula is C25H23N7O2S. The van der Waals surface area contributed by atoms with Crippen molar-refractivity contribution in [2.75, 3.05) is 6.26 Å². The van der Waals surface area contributed by atoms with Crippen LogP contribution in [0.2, 0.25) is 0 Å². The average molecular weight is 486 g/mol. The molecule has 0 aliphatic heterocycles. The van der Waals surface area contributed by atoms with Gasteiger partial charge in [-0.25, -0.2) is 17.9 Å². The second kappa shape index (κ2) is 8.09. The second-order valence-corrected chi connectivity index (χ2v) is 11.0. The first-order valence-corrected chi connectivity index (χ1v) is 13.3. The van der Waals surface area contributed by atoms with E-state index >= 15 is 0 Å². The Kier molecular flexibility index (Phi) is 4.99. The van der Waals surface area contributed by atoms with Crippen LogP contribution in [0.15, 0.2) is 59.6 Å². The number of aryl methyl sites for hydroxylation is 1. The molecule has 0 spiro atoms. The van der Waals surface area contributed by atoms with Crippen molar-refractivity contribution in [2.24, 2.45) is 0 Å². The molecule has 6 rings (SSSR count). The van der Waals surface area contributed by atoms with Crippen LogP contribution in [0.25, 0.3) is 28.2 Å². The summed E-state index contributed by atoms with van der Waals surface area (Å²) >= 11 is 0. The highest BCUT2D eigenvalue weighted by atomic mass is 32.2. The van der Waals surface area contributed by atoms with Crippen LogP contribution in [0, 0.1) is 6.92 Å². The number of fused-ring (bicyclic) bond motifs is 1. The normalized spacial score (nSPS) is 14.0. The van der Waals surface area contributed by atoms with Gasteiger partial charge in [-0.05, 0) is 47.7 Å². The molecule has 3 aromatic heterocycles. The highest BCUT2D eigenvalue weighted by Gasteiger charge is 2.31. The summed E-state index contributed by atoms with van der Waals surface area (Å²) in [6, 6.07) is 17.9. The third kappa shape index (κ3) is 3.99. The van der Waals surface area contributed by atoms with Gasteiger partial charge < -0.3 is 0 Å². The van der Waals surface area contributed by atoms with Crippen LogP contribution in [0.4, 0.5) is 0 Å². The molecule has 2 aromatic carbocycles. The Morgan fingerprint density at radius 1 is 1.06 bits per heavy atom. The molecule has 0 amide bonds. The molecule has 1 aliphatic carbocycles. The zero-order valence-electron chi connectivity index (χ0n) is 19.3. The largest absolute Gasteiger partial charge is 0.222 e. The molecule has 0 atom stereocenters. The van der Waals surface area contributed by atoms with E-state index in [9.17, 15) is 8.42 Å². The molecule has 1 N–H and O–H groups in total. The molecule has 9 nitrogen and oxygen atoms in total. The predicted molar refractivity (Wildman–Crippen MR) is 131 cm³/mol. The lowest BCUT2D eigenvalue weighted by Gasteiger charge is -2.09.